The molecule has 6 nitrogen and oxygen atoms in total. The van der Waals surface area contributed by atoms with Gasteiger partial charge in [0.05, 0.1) is 15.5 Å². The fraction of sp³-hybridized carbons (Fsp3) is 0.182. The van der Waals surface area contributed by atoms with E-state index in [2.05, 4.69) is 4.72 Å². The fourth-order valence-corrected chi connectivity index (χ4v) is 6.14. The van der Waals surface area contributed by atoms with E-state index in [4.69, 9.17) is 0 Å². The smallest absolute Gasteiger partial charge is 0.261 e. The van der Waals surface area contributed by atoms with Crippen LogP contribution in [0.2, 0.25) is 0 Å². The molecule has 0 aliphatic rings. The summed E-state index contributed by atoms with van der Waals surface area (Å²) in [6.45, 7) is 5.02. The summed E-state index contributed by atoms with van der Waals surface area (Å²) in [6, 6.07) is 17.0. The van der Waals surface area contributed by atoms with Gasteiger partial charge in [-0.05, 0) is 48.7 Å². The molecule has 0 atom stereocenters. The molecule has 0 unspecified atom stereocenters. The minimum atomic E-state index is -4.10. The van der Waals surface area contributed by atoms with Gasteiger partial charge in [-0.25, -0.2) is 16.8 Å². The molecule has 0 heterocycles. The summed E-state index contributed by atoms with van der Waals surface area (Å²) >= 11 is 0. The normalized spacial score (nSPS) is 12.1. The number of rotatable bonds is 6. The molecule has 3 aromatic carbocycles. The Bertz CT molecular complexity index is 1270. The van der Waals surface area contributed by atoms with Gasteiger partial charge < -0.3 is 5.11 Å². The largest absolute Gasteiger partial charge is 0.506 e. The number of sulfone groups is 1. The van der Waals surface area contributed by atoms with E-state index in [0.717, 1.165) is 0 Å². The molecule has 0 saturated heterocycles. The second-order valence-electron chi connectivity index (χ2n) is 7.22. The highest BCUT2D eigenvalue weighted by molar-refractivity contribution is 7.93. The first-order valence-electron chi connectivity index (χ1n) is 9.30. The fourth-order valence-electron chi connectivity index (χ4n) is 3.24. The quantitative estimate of drug-likeness (QED) is 0.546. The number of benzene rings is 3. The number of hydrogen-bond donors (Lipinski definition) is 2. The lowest BCUT2D eigenvalue weighted by Crippen LogP contribution is -2.17. The number of anilines is 1. The number of aryl methyl sites for hydroxylation is 1. The number of phenolic OH excluding ortho intramolecular Hbond substituents is 1. The van der Waals surface area contributed by atoms with E-state index in [9.17, 15) is 21.9 Å². The molecule has 3 aromatic rings. The van der Waals surface area contributed by atoms with Crippen molar-refractivity contribution in [1.82, 2.24) is 0 Å². The maximum atomic E-state index is 13.4. The Morgan fingerprint density at radius 3 is 1.83 bits per heavy atom. The Balaban J connectivity index is 2.27. The maximum absolute atomic E-state index is 13.4. The summed E-state index contributed by atoms with van der Waals surface area (Å²) in [5, 5.41) is 10.7. The number of nitrogens with one attached hydrogen (secondary N) is 1. The SMILES string of the molecule is Cc1cc(NS(=O)(=O)c2ccccc2)c(C(C)C)c(S(=O)(=O)c2ccccc2)c1O. The summed E-state index contributed by atoms with van der Waals surface area (Å²) in [7, 11) is -8.05. The zero-order valence-corrected chi connectivity index (χ0v) is 18.5. The van der Waals surface area contributed by atoms with Crippen LogP contribution in [-0.4, -0.2) is 21.9 Å². The lowest BCUT2D eigenvalue weighted by atomic mass is 9.99. The van der Waals surface area contributed by atoms with Gasteiger partial charge in [0.25, 0.3) is 10.0 Å². The third-order valence-electron chi connectivity index (χ3n) is 4.68. The Labute approximate surface area is 177 Å². The molecule has 158 valence electrons. The van der Waals surface area contributed by atoms with Gasteiger partial charge in [0, 0.05) is 5.56 Å². The van der Waals surface area contributed by atoms with Gasteiger partial charge in [-0.2, -0.15) is 0 Å². The van der Waals surface area contributed by atoms with Crippen LogP contribution in [0.25, 0.3) is 0 Å². The predicted octanol–water partition coefficient (Wildman–Crippen LogP) is 4.46. The predicted molar refractivity (Wildman–Crippen MR) is 116 cm³/mol. The topological polar surface area (TPSA) is 101 Å². The average Bonchev–Trinajstić information content (AvgIpc) is 2.71. The maximum Gasteiger partial charge on any atom is 0.261 e. The molecular weight excluding hydrogens is 422 g/mol. The van der Waals surface area contributed by atoms with Crippen LogP contribution in [-0.2, 0) is 19.9 Å². The Morgan fingerprint density at radius 2 is 1.33 bits per heavy atom. The Kier molecular flexibility index (Phi) is 5.92. The van der Waals surface area contributed by atoms with Crippen molar-refractivity contribution in [3.63, 3.8) is 0 Å². The number of aromatic hydroxyl groups is 1. The second-order valence-corrected chi connectivity index (χ2v) is 10.8. The van der Waals surface area contributed by atoms with Crippen molar-refractivity contribution in [2.75, 3.05) is 4.72 Å². The van der Waals surface area contributed by atoms with E-state index in [1.165, 1.54) is 37.3 Å². The molecule has 0 fully saturated rings. The first-order chi connectivity index (χ1) is 14.1. The van der Waals surface area contributed by atoms with Crippen LogP contribution in [0.4, 0.5) is 5.69 Å². The van der Waals surface area contributed by atoms with Crippen molar-refractivity contribution in [2.45, 2.75) is 41.4 Å². The molecular formula is C22H23NO5S2. The van der Waals surface area contributed by atoms with Crippen molar-refractivity contribution in [3.8, 4) is 5.75 Å². The van der Waals surface area contributed by atoms with Crippen LogP contribution in [0.1, 0.15) is 30.9 Å². The summed E-state index contributed by atoms with van der Waals surface area (Å²) in [5.74, 6) is -0.774. The second kappa shape index (κ2) is 8.12. The molecule has 0 amide bonds. The molecule has 2 N–H and O–H groups in total. The molecule has 0 radical (unpaired) electrons. The van der Waals surface area contributed by atoms with E-state index in [0.29, 0.717) is 0 Å². The molecule has 8 heteroatoms. The first-order valence-corrected chi connectivity index (χ1v) is 12.3. The van der Waals surface area contributed by atoms with Gasteiger partial charge in [0.15, 0.2) is 0 Å². The van der Waals surface area contributed by atoms with Gasteiger partial charge >= 0.3 is 0 Å². The molecule has 3 rings (SSSR count). The van der Waals surface area contributed by atoms with Gasteiger partial charge in [0.2, 0.25) is 9.84 Å². The highest BCUT2D eigenvalue weighted by Gasteiger charge is 2.31. The van der Waals surface area contributed by atoms with Gasteiger partial charge in [-0.3, -0.25) is 4.72 Å². The van der Waals surface area contributed by atoms with E-state index in [-0.39, 0.29) is 37.3 Å². The van der Waals surface area contributed by atoms with Gasteiger partial charge in [-0.15, -0.1) is 0 Å². The summed E-state index contributed by atoms with van der Waals surface area (Å²) < 4.78 is 55.0. The minimum absolute atomic E-state index is 0.0182. The van der Waals surface area contributed by atoms with Crippen molar-refractivity contribution < 1.29 is 21.9 Å². The van der Waals surface area contributed by atoms with E-state index in [1.54, 1.807) is 50.2 Å². The van der Waals surface area contributed by atoms with Gasteiger partial charge in [0.1, 0.15) is 10.6 Å². The monoisotopic (exact) mass is 445 g/mol. The summed E-state index contributed by atoms with van der Waals surface area (Å²) in [5.41, 5.74) is 0.583. The van der Waals surface area contributed by atoms with E-state index >= 15 is 0 Å². The molecule has 0 spiro atoms. The first kappa shape index (κ1) is 21.9. The van der Waals surface area contributed by atoms with Crippen LogP contribution < -0.4 is 4.72 Å². The zero-order valence-electron chi connectivity index (χ0n) is 16.8. The molecule has 0 aliphatic heterocycles. The third-order valence-corrected chi connectivity index (χ3v) is 7.91. The van der Waals surface area contributed by atoms with Gasteiger partial charge in [-0.1, -0.05) is 50.2 Å². The molecule has 0 saturated carbocycles. The molecule has 0 aromatic heterocycles. The number of sulfonamides is 1. The van der Waals surface area contributed by atoms with Crippen LogP contribution in [0.3, 0.4) is 0 Å². The summed E-state index contributed by atoms with van der Waals surface area (Å²) in [6.07, 6.45) is 0. The Hall–Kier alpha value is -2.84. The van der Waals surface area contributed by atoms with Crippen LogP contribution >= 0.6 is 0 Å². The van der Waals surface area contributed by atoms with Crippen molar-refractivity contribution in [2.24, 2.45) is 0 Å². The molecule has 0 aliphatic carbocycles. The third kappa shape index (κ3) is 4.06. The minimum Gasteiger partial charge on any atom is -0.506 e. The number of hydrogen-bond acceptors (Lipinski definition) is 5. The standard InChI is InChI=1S/C22H23NO5S2/c1-15(2)20-19(23-30(27,28)18-12-8-5-9-13-18)14-16(3)21(24)22(20)29(25,26)17-10-6-4-7-11-17/h4-15,23-24H,1-3H3. The van der Waals surface area contributed by atoms with E-state index < -0.39 is 25.8 Å². The van der Waals surface area contributed by atoms with Crippen molar-refractivity contribution in [3.05, 3.63) is 77.9 Å². The molecule has 0 bridgehead atoms. The lowest BCUT2D eigenvalue weighted by Gasteiger charge is -2.22. The highest BCUT2D eigenvalue weighted by Crippen LogP contribution is 2.42. The van der Waals surface area contributed by atoms with Crippen LogP contribution in [0.5, 0.6) is 5.75 Å². The van der Waals surface area contributed by atoms with Crippen molar-refractivity contribution in [1.29, 1.82) is 0 Å². The highest BCUT2D eigenvalue weighted by atomic mass is 32.2. The average molecular weight is 446 g/mol. The number of phenols is 1. The van der Waals surface area contributed by atoms with Crippen LogP contribution in [0.15, 0.2) is 81.4 Å². The lowest BCUT2D eigenvalue weighted by molar-refractivity contribution is 0.451. The van der Waals surface area contributed by atoms with Crippen LogP contribution in [0, 0.1) is 6.92 Å². The summed E-state index contributed by atoms with van der Waals surface area (Å²) in [4.78, 5) is -0.211. The zero-order chi connectivity index (χ0) is 22.1. The molecule has 30 heavy (non-hydrogen) atoms. The van der Waals surface area contributed by atoms with Crippen molar-refractivity contribution >= 4 is 25.5 Å². The van der Waals surface area contributed by atoms with E-state index in [1.807, 2.05) is 0 Å². The Morgan fingerprint density at radius 1 is 0.833 bits per heavy atom.